The van der Waals surface area contributed by atoms with Crippen molar-refractivity contribution in [3.8, 4) is 0 Å². The van der Waals surface area contributed by atoms with Gasteiger partial charge >= 0.3 is 5.92 Å². The number of alkyl halides is 2. The molecule has 1 heterocycles. The molecule has 2 aromatic carbocycles. The van der Waals surface area contributed by atoms with Crippen LogP contribution in [0, 0.1) is 0 Å². The summed E-state index contributed by atoms with van der Waals surface area (Å²) in [5.41, 5.74) is 5.06. The highest BCUT2D eigenvalue weighted by atomic mass is 32.1. The quantitative estimate of drug-likeness (QED) is 0.472. The van der Waals surface area contributed by atoms with Gasteiger partial charge in [-0.1, -0.05) is 48.5 Å². The lowest BCUT2D eigenvalue weighted by molar-refractivity contribution is -0.0193. The Morgan fingerprint density at radius 3 is 2.04 bits per heavy atom. The molecule has 7 heteroatoms. The predicted molar refractivity (Wildman–Crippen MR) is 99.8 cm³/mol. The predicted octanol–water partition coefficient (Wildman–Crippen LogP) is 4.24. The van der Waals surface area contributed by atoms with Crippen molar-refractivity contribution in [1.29, 1.82) is 0 Å². The number of ketones is 1. The molecule has 0 unspecified atom stereocenters. The van der Waals surface area contributed by atoms with Crippen LogP contribution in [0.25, 0.3) is 0 Å². The minimum absolute atomic E-state index is 0.0982. The summed E-state index contributed by atoms with van der Waals surface area (Å²) >= 11 is 1.22. The minimum Gasteiger partial charge on any atom is -0.287 e. The Hall–Kier alpha value is -2.90. The highest BCUT2D eigenvalue weighted by Gasteiger charge is 2.48. The zero-order valence-electron chi connectivity index (χ0n) is 14.1. The van der Waals surface area contributed by atoms with Crippen molar-refractivity contribution in [2.75, 3.05) is 0 Å². The number of Topliss-reactive ketones (excluding diaryl/α,β-unsaturated/α-hetero) is 1. The van der Waals surface area contributed by atoms with Gasteiger partial charge in [-0.05, 0) is 34.5 Å². The van der Waals surface area contributed by atoms with Gasteiger partial charge < -0.3 is 0 Å². The maximum Gasteiger partial charge on any atom is 0.330 e. The molecule has 0 aliphatic rings. The minimum atomic E-state index is -3.77. The lowest BCUT2D eigenvalue weighted by atomic mass is 9.96. The van der Waals surface area contributed by atoms with Crippen molar-refractivity contribution in [2.45, 2.75) is 12.0 Å². The number of halogens is 2. The molecule has 0 bridgehead atoms. The zero-order valence-corrected chi connectivity index (χ0v) is 14.9. The molecule has 0 saturated heterocycles. The van der Waals surface area contributed by atoms with Crippen LogP contribution in [0.5, 0.6) is 0 Å². The largest absolute Gasteiger partial charge is 0.330 e. The third-order valence-electron chi connectivity index (χ3n) is 3.94. The van der Waals surface area contributed by atoms with E-state index in [1.807, 2.05) is 0 Å². The fraction of sp³-hybridized carbons (Fsp3) is 0.100. The van der Waals surface area contributed by atoms with Gasteiger partial charge in [0.15, 0.2) is 0 Å². The highest BCUT2D eigenvalue weighted by Crippen LogP contribution is 2.35. The number of benzene rings is 2. The smallest absolute Gasteiger partial charge is 0.287 e. The van der Waals surface area contributed by atoms with Crippen molar-refractivity contribution in [3.05, 3.63) is 94.2 Å². The molecular weight excluding hydrogens is 370 g/mol. The molecule has 2 N–H and O–H groups in total. The van der Waals surface area contributed by atoms with Crippen LogP contribution < -0.4 is 10.9 Å². The Balaban J connectivity index is 1.83. The number of hydrazine groups is 1. The molecule has 0 fully saturated rings. The molecular formula is C20H16F2N2O2S. The van der Waals surface area contributed by atoms with Crippen LogP contribution in [-0.2, 0) is 0 Å². The molecule has 3 aromatic rings. The lowest BCUT2D eigenvalue weighted by Gasteiger charge is -2.26. The van der Waals surface area contributed by atoms with E-state index in [1.165, 1.54) is 47.0 Å². The number of nitrogens with one attached hydrogen (secondary N) is 2. The number of thiophene rings is 1. The van der Waals surface area contributed by atoms with E-state index in [2.05, 4.69) is 10.9 Å². The summed E-state index contributed by atoms with van der Waals surface area (Å²) < 4.78 is 30.0. The molecule has 0 aliphatic carbocycles. The SMILES string of the molecule is O=C(NN[C@@H](c1ccsc1)C(F)(F)C(=O)c1ccccc1)c1ccccc1. The van der Waals surface area contributed by atoms with E-state index in [0.29, 0.717) is 5.56 Å². The Labute approximate surface area is 158 Å². The van der Waals surface area contributed by atoms with E-state index in [9.17, 15) is 9.59 Å². The number of hydrogen-bond donors (Lipinski definition) is 2. The molecule has 3 rings (SSSR count). The van der Waals surface area contributed by atoms with Gasteiger partial charge in [0.05, 0.1) is 0 Å². The maximum absolute atomic E-state index is 15.0. The van der Waals surface area contributed by atoms with E-state index in [1.54, 1.807) is 41.8 Å². The Kier molecular flexibility index (Phi) is 5.73. The van der Waals surface area contributed by atoms with Crippen LogP contribution in [-0.4, -0.2) is 17.6 Å². The van der Waals surface area contributed by atoms with E-state index < -0.39 is 23.7 Å². The van der Waals surface area contributed by atoms with Crippen LogP contribution in [0.1, 0.15) is 32.3 Å². The summed E-state index contributed by atoms with van der Waals surface area (Å²) in [6.45, 7) is 0. The molecule has 0 spiro atoms. The van der Waals surface area contributed by atoms with Crippen LogP contribution in [0.4, 0.5) is 8.78 Å². The molecule has 27 heavy (non-hydrogen) atoms. The Bertz CT molecular complexity index is 900. The molecule has 4 nitrogen and oxygen atoms in total. The highest BCUT2D eigenvalue weighted by molar-refractivity contribution is 7.08. The molecule has 138 valence electrons. The summed E-state index contributed by atoms with van der Waals surface area (Å²) in [5, 5.41) is 3.14. The van der Waals surface area contributed by atoms with Gasteiger partial charge in [-0.25, -0.2) is 5.43 Å². The Morgan fingerprint density at radius 1 is 0.889 bits per heavy atom. The van der Waals surface area contributed by atoms with E-state index in [-0.39, 0.29) is 11.1 Å². The second kappa shape index (κ2) is 8.20. The van der Waals surface area contributed by atoms with Crippen LogP contribution in [0.2, 0.25) is 0 Å². The van der Waals surface area contributed by atoms with Gasteiger partial charge in [0.2, 0.25) is 5.78 Å². The molecule has 0 radical (unpaired) electrons. The zero-order chi connectivity index (χ0) is 19.3. The van der Waals surface area contributed by atoms with Gasteiger partial charge in [-0.15, -0.1) is 0 Å². The summed E-state index contributed by atoms with van der Waals surface area (Å²) in [5.74, 6) is -5.66. The third-order valence-corrected chi connectivity index (χ3v) is 4.65. The molecule has 0 aliphatic heterocycles. The van der Waals surface area contributed by atoms with Crippen molar-refractivity contribution >= 4 is 23.0 Å². The number of amides is 1. The second-order valence-electron chi connectivity index (χ2n) is 5.77. The molecule has 1 amide bonds. The fourth-order valence-corrected chi connectivity index (χ4v) is 3.22. The monoisotopic (exact) mass is 386 g/mol. The molecule has 0 saturated carbocycles. The summed E-state index contributed by atoms with van der Waals surface area (Å²) in [7, 11) is 0. The van der Waals surface area contributed by atoms with Crippen molar-refractivity contribution in [3.63, 3.8) is 0 Å². The third kappa shape index (κ3) is 4.27. The average Bonchev–Trinajstić information content (AvgIpc) is 3.23. The first-order chi connectivity index (χ1) is 13.0. The van der Waals surface area contributed by atoms with Crippen molar-refractivity contribution in [1.82, 2.24) is 10.9 Å². The lowest BCUT2D eigenvalue weighted by Crippen LogP contribution is -2.50. The van der Waals surface area contributed by atoms with E-state index in [0.717, 1.165) is 0 Å². The molecule has 1 aromatic heterocycles. The average molecular weight is 386 g/mol. The number of carbonyl (C=O) groups is 2. The van der Waals surface area contributed by atoms with Crippen molar-refractivity contribution < 1.29 is 18.4 Å². The van der Waals surface area contributed by atoms with Gasteiger partial charge in [0.1, 0.15) is 6.04 Å². The Morgan fingerprint density at radius 2 is 1.48 bits per heavy atom. The number of carbonyl (C=O) groups excluding carboxylic acids is 2. The summed E-state index contributed by atoms with van der Waals surface area (Å²) in [6.07, 6.45) is 0. The summed E-state index contributed by atoms with van der Waals surface area (Å²) in [4.78, 5) is 24.6. The van der Waals surface area contributed by atoms with E-state index in [4.69, 9.17) is 0 Å². The van der Waals surface area contributed by atoms with Crippen LogP contribution in [0.3, 0.4) is 0 Å². The van der Waals surface area contributed by atoms with E-state index >= 15 is 8.78 Å². The fourth-order valence-electron chi connectivity index (χ4n) is 2.54. The number of hydrogen-bond acceptors (Lipinski definition) is 4. The van der Waals surface area contributed by atoms with Crippen LogP contribution >= 0.6 is 11.3 Å². The van der Waals surface area contributed by atoms with Gasteiger partial charge in [0.25, 0.3) is 5.91 Å². The second-order valence-corrected chi connectivity index (χ2v) is 6.55. The first kappa shape index (κ1) is 18.9. The van der Waals surface area contributed by atoms with Crippen LogP contribution in [0.15, 0.2) is 77.5 Å². The first-order valence-electron chi connectivity index (χ1n) is 8.11. The standard InChI is InChI=1S/C20H16F2N2O2S/c21-20(22,18(25)14-7-3-1-4-8-14)17(16-11-12-27-13-16)23-24-19(26)15-9-5-2-6-10-15/h1-13,17,23H,(H,24,26)/t17-/m0/s1. The topological polar surface area (TPSA) is 58.2 Å². The van der Waals surface area contributed by atoms with Gasteiger partial charge in [-0.2, -0.15) is 20.1 Å². The maximum atomic E-state index is 15.0. The van der Waals surface area contributed by atoms with Gasteiger partial charge in [0, 0.05) is 11.1 Å². The number of rotatable bonds is 7. The first-order valence-corrected chi connectivity index (χ1v) is 9.05. The normalized spacial score (nSPS) is 12.4. The summed E-state index contributed by atoms with van der Waals surface area (Å²) in [6, 6.07) is 15.3. The van der Waals surface area contributed by atoms with Gasteiger partial charge in [-0.3, -0.25) is 15.0 Å². The molecule has 1 atom stereocenters. The van der Waals surface area contributed by atoms with Crippen molar-refractivity contribution in [2.24, 2.45) is 0 Å².